The van der Waals surface area contributed by atoms with Crippen molar-refractivity contribution in [2.45, 2.75) is 12.8 Å². The molecular formula is C10H10F2O2. The summed E-state index contributed by atoms with van der Waals surface area (Å²) in [6.45, 7) is 0.992. The van der Waals surface area contributed by atoms with Crippen LogP contribution >= 0.6 is 0 Å². The van der Waals surface area contributed by atoms with Crippen LogP contribution in [0.4, 0.5) is 8.78 Å². The molecule has 0 aliphatic carbocycles. The van der Waals surface area contributed by atoms with E-state index in [1.54, 1.807) is 18.2 Å². The maximum absolute atomic E-state index is 12.1. The molecule has 1 aliphatic rings. The fourth-order valence-corrected chi connectivity index (χ4v) is 1.39. The lowest BCUT2D eigenvalue weighted by atomic mass is 10.1. The molecule has 0 N–H and O–H groups in total. The Labute approximate surface area is 80.4 Å². The molecule has 2 rings (SSSR count). The average molecular weight is 200 g/mol. The van der Waals surface area contributed by atoms with Gasteiger partial charge in [-0.15, -0.1) is 0 Å². The molecule has 1 aliphatic heterocycles. The summed E-state index contributed by atoms with van der Waals surface area (Å²) < 4.78 is 34.7. The van der Waals surface area contributed by atoms with Crippen molar-refractivity contribution in [1.82, 2.24) is 0 Å². The predicted octanol–water partition coefficient (Wildman–Crippen LogP) is 2.27. The van der Waals surface area contributed by atoms with Crippen molar-refractivity contribution in [2.75, 3.05) is 13.2 Å². The molecule has 0 fully saturated rings. The summed E-state index contributed by atoms with van der Waals surface area (Å²) in [6.07, 6.45) is -2.56. The van der Waals surface area contributed by atoms with E-state index in [2.05, 4.69) is 0 Å². The third-order valence-corrected chi connectivity index (χ3v) is 2.00. The van der Waals surface area contributed by atoms with Gasteiger partial charge >= 0.3 is 0 Å². The fraction of sp³-hybridized carbons (Fsp3) is 0.400. The van der Waals surface area contributed by atoms with Crippen LogP contribution in [0.1, 0.15) is 5.56 Å². The molecule has 4 heteroatoms. The Kier molecular flexibility index (Phi) is 2.52. The molecule has 0 atom stereocenters. The van der Waals surface area contributed by atoms with E-state index >= 15 is 0 Å². The van der Waals surface area contributed by atoms with E-state index in [1.807, 2.05) is 0 Å². The van der Waals surface area contributed by atoms with Gasteiger partial charge in [-0.2, -0.15) is 0 Å². The molecule has 14 heavy (non-hydrogen) atoms. The summed E-state index contributed by atoms with van der Waals surface area (Å²) in [5.74, 6) is 1.20. The molecule has 1 heterocycles. The van der Waals surface area contributed by atoms with Crippen LogP contribution in [-0.2, 0) is 6.42 Å². The van der Waals surface area contributed by atoms with Crippen LogP contribution in [-0.4, -0.2) is 19.6 Å². The van der Waals surface area contributed by atoms with E-state index < -0.39 is 6.43 Å². The lowest BCUT2D eigenvalue weighted by molar-refractivity contribution is 0.148. The van der Waals surface area contributed by atoms with Crippen molar-refractivity contribution in [3.05, 3.63) is 23.8 Å². The first-order valence-corrected chi connectivity index (χ1v) is 4.42. The molecule has 2 nitrogen and oxygen atoms in total. The molecule has 76 valence electrons. The van der Waals surface area contributed by atoms with E-state index in [-0.39, 0.29) is 6.42 Å². The lowest BCUT2D eigenvalue weighted by Gasteiger charge is -2.18. The van der Waals surface area contributed by atoms with Gasteiger partial charge in [0.25, 0.3) is 0 Å². The Morgan fingerprint density at radius 2 is 1.86 bits per heavy atom. The Hall–Kier alpha value is -1.32. The van der Waals surface area contributed by atoms with E-state index in [4.69, 9.17) is 9.47 Å². The zero-order chi connectivity index (χ0) is 9.97. The monoisotopic (exact) mass is 200 g/mol. The molecule has 0 saturated heterocycles. The number of hydrogen-bond donors (Lipinski definition) is 0. The summed E-state index contributed by atoms with van der Waals surface area (Å²) in [7, 11) is 0. The summed E-state index contributed by atoms with van der Waals surface area (Å²) in [6, 6.07) is 4.92. The standard InChI is InChI=1S/C10H10F2O2/c11-10(12)6-7-1-2-8-9(5-7)14-4-3-13-8/h1-2,5,10H,3-4,6H2. The fourth-order valence-electron chi connectivity index (χ4n) is 1.39. The van der Waals surface area contributed by atoms with Crippen LogP contribution in [0.5, 0.6) is 11.5 Å². The van der Waals surface area contributed by atoms with Crippen molar-refractivity contribution in [3.63, 3.8) is 0 Å². The Balaban J connectivity index is 2.20. The van der Waals surface area contributed by atoms with E-state index in [1.165, 1.54) is 0 Å². The second-order valence-electron chi connectivity index (χ2n) is 3.07. The van der Waals surface area contributed by atoms with E-state index in [0.29, 0.717) is 30.3 Å². The van der Waals surface area contributed by atoms with Gasteiger partial charge in [-0.1, -0.05) is 6.07 Å². The van der Waals surface area contributed by atoms with E-state index in [9.17, 15) is 8.78 Å². The Morgan fingerprint density at radius 3 is 2.57 bits per heavy atom. The van der Waals surface area contributed by atoms with Crippen molar-refractivity contribution in [3.8, 4) is 11.5 Å². The molecule has 0 aromatic heterocycles. The van der Waals surface area contributed by atoms with Crippen LogP contribution in [0, 0.1) is 0 Å². The topological polar surface area (TPSA) is 18.5 Å². The van der Waals surface area contributed by atoms with Gasteiger partial charge in [0.2, 0.25) is 6.43 Å². The number of benzene rings is 1. The zero-order valence-electron chi connectivity index (χ0n) is 7.50. The maximum atomic E-state index is 12.1. The summed E-state index contributed by atoms with van der Waals surface area (Å²) in [5, 5.41) is 0. The van der Waals surface area contributed by atoms with Crippen molar-refractivity contribution in [1.29, 1.82) is 0 Å². The van der Waals surface area contributed by atoms with Gasteiger partial charge in [-0.05, 0) is 17.7 Å². The van der Waals surface area contributed by atoms with Crippen LogP contribution in [0.3, 0.4) is 0 Å². The molecule has 0 amide bonds. The zero-order valence-corrected chi connectivity index (χ0v) is 7.50. The molecule has 1 aromatic carbocycles. The predicted molar refractivity (Wildman–Crippen MR) is 47.1 cm³/mol. The number of alkyl halides is 2. The number of ether oxygens (including phenoxy) is 2. The van der Waals surface area contributed by atoms with Crippen LogP contribution in [0.25, 0.3) is 0 Å². The highest BCUT2D eigenvalue weighted by Crippen LogP contribution is 2.31. The number of fused-ring (bicyclic) bond motifs is 1. The van der Waals surface area contributed by atoms with Gasteiger partial charge < -0.3 is 9.47 Å². The smallest absolute Gasteiger partial charge is 0.242 e. The van der Waals surface area contributed by atoms with Crippen LogP contribution in [0.2, 0.25) is 0 Å². The SMILES string of the molecule is FC(F)Cc1ccc2c(c1)OCCO2. The summed E-state index contributed by atoms with van der Waals surface area (Å²) >= 11 is 0. The summed E-state index contributed by atoms with van der Waals surface area (Å²) in [4.78, 5) is 0. The van der Waals surface area contributed by atoms with Gasteiger partial charge in [0.1, 0.15) is 13.2 Å². The molecular weight excluding hydrogens is 190 g/mol. The second-order valence-corrected chi connectivity index (χ2v) is 3.07. The third kappa shape index (κ3) is 1.95. The normalized spacial score (nSPS) is 14.5. The van der Waals surface area contributed by atoms with Gasteiger partial charge in [0.15, 0.2) is 11.5 Å². The Bertz CT molecular complexity index is 326. The molecule has 0 spiro atoms. The van der Waals surface area contributed by atoms with Gasteiger partial charge in [0, 0.05) is 6.42 Å². The Morgan fingerprint density at radius 1 is 1.14 bits per heavy atom. The first-order chi connectivity index (χ1) is 6.75. The van der Waals surface area contributed by atoms with Crippen LogP contribution in [0.15, 0.2) is 18.2 Å². The highest BCUT2D eigenvalue weighted by atomic mass is 19.3. The molecule has 1 aromatic rings. The first kappa shape index (κ1) is 9.24. The van der Waals surface area contributed by atoms with Crippen molar-refractivity contribution >= 4 is 0 Å². The minimum Gasteiger partial charge on any atom is -0.486 e. The van der Waals surface area contributed by atoms with Crippen molar-refractivity contribution < 1.29 is 18.3 Å². The quantitative estimate of drug-likeness (QED) is 0.729. The molecule has 0 unspecified atom stereocenters. The first-order valence-electron chi connectivity index (χ1n) is 4.42. The summed E-state index contributed by atoms with van der Waals surface area (Å²) in [5.41, 5.74) is 0.573. The average Bonchev–Trinajstić information content (AvgIpc) is 2.17. The van der Waals surface area contributed by atoms with Crippen molar-refractivity contribution in [2.24, 2.45) is 0 Å². The largest absolute Gasteiger partial charge is 0.486 e. The minimum atomic E-state index is -2.32. The van der Waals surface area contributed by atoms with Gasteiger partial charge in [-0.3, -0.25) is 0 Å². The minimum absolute atomic E-state index is 0.239. The number of hydrogen-bond acceptors (Lipinski definition) is 2. The molecule has 0 saturated carbocycles. The highest BCUT2D eigenvalue weighted by Gasteiger charge is 2.13. The second kappa shape index (κ2) is 3.82. The van der Waals surface area contributed by atoms with E-state index in [0.717, 1.165) is 0 Å². The van der Waals surface area contributed by atoms with Gasteiger partial charge in [0.05, 0.1) is 0 Å². The maximum Gasteiger partial charge on any atom is 0.242 e. The number of halogens is 2. The lowest BCUT2D eigenvalue weighted by Crippen LogP contribution is -2.15. The molecule has 0 radical (unpaired) electrons. The highest BCUT2D eigenvalue weighted by molar-refractivity contribution is 5.43. The van der Waals surface area contributed by atoms with Gasteiger partial charge in [-0.25, -0.2) is 8.78 Å². The number of rotatable bonds is 2. The molecule has 0 bridgehead atoms. The third-order valence-electron chi connectivity index (χ3n) is 2.00. The van der Waals surface area contributed by atoms with Crippen LogP contribution < -0.4 is 9.47 Å².